The van der Waals surface area contributed by atoms with E-state index in [1.807, 2.05) is 0 Å². The molecule has 0 spiro atoms. The summed E-state index contributed by atoms with van der Waals surface area (Å²) in [5.41, 5.74) is 5.85. The Kier molecular flexibility index (Phi) is 5.78. The molecule has 0 bridgehead atoms. The van der Waals surface area contributed by atoms with Crippen molar-refractivity contribution < 1.29 is 19.4 Å². The van der Waals surface area contributed by atoms with Crippen molar-refractivity contribution in [3.05, 3.63) is 52.9 Å². The number of benzene rings is 2. The second kappa shape index (κ2) is 8.43. The highest BCUT2D eigenvalue weighted by atomic mass is 16.5. The van der Waals surface area contributed by atoms with Gasteiger partial charge in [0, 0.05) is 28.8 Å². The molecule has 1 aromatic heterocycles. The highest BCUT2D eigenvalue weighted by molar-refractivity contribution is 5.96. The summed E-state index contributed by atoms with van der Waals surface area (Å²) in [5, 5.41) is 14.8. The SMILES string of the molecule is COc1cc(OCCCC(N)=O)ccc1Cn1c(O)c2ccccc2c1N=O. The Morgan fingerprint density at radius 2 is 1.96 bits per heavy atom. The smallest absolute Gasteiger partial charge is 0.217 e. The molecule has 0 radical (unpaired) electrons. The van der Waals surface area contributed by atoms with Gasteiger partial charge in [-0.15, -0.1) is 4.91 Å². The number of primary amides is 1. The average Bonchev–Trinajstić information content (AvgIpc) is 2.97. The minimum absolute atomic E-state index is 0.0287. The summed E-state index contributed by atoms with van der Waals surface area (Å²) in [6.07, 6.45) is 0.786. The number of methoxy groups -OCH3 is 1. The summed E-state index contributed by atoms with van der Waals surface area (Å²) in [6, 6.07) is 12.3. The van der Waals surface area contributed by atoms with Crippen LogP contribution in [0.4, 0.5) is 5.82 Å². The van der Waals surface area contributed by atoms with Gasteiger partial charge in [0.15, 0.2) is 5.82 Å². The minimum Gasteiger partial charge on any atom is -0.496 e. The van der Waals surface area contributed by atoms with Crippen molar-refractivity contribution in [3.63, 3.8) is 0 Å². The number of hydrogen-bond acceptors (Lipinski definition) is 6. The zero-order chi connectivity index (χ0) is 20.1. The number of amides is 1. The minimum atomic E-state index is -0.366. The standard InChI is InChI=1S/C20H21N3O5/c1-27-17-11-14(28-10-4-7-18(21)24)9-8-13(17)12-23-19(22-26)15-5-2-3-6-16(15)20(23)25/h2-3,5-6,8-9,11,25H,4,7,10,12H2,1H3,(H2,21,24). The van der Waals surface area contributed by atoms with Crippen molar-refractivity contribution in [2.24, 2.45) is 10.9 Å². The van der Waals surface area contributed by atoms with Crippen LogP contribution >= 0.6 is 0 Å². The Labute approximate surface area is 161 Å². The van der Waals surface area contributed by atoms with Gasteiger partial charge in [-0.2, -0.15) is 0 Å². The average molecular weight is 383 g/mol. The second-order valence-corrected chi connectivity index (χ2v) is 6.26. The Bertz CT molecular complexity index is 1010. The number of rotatable bonds is 9. The van der Waals surface area contributed by atoms with Crippen LogP contribution in [0.3, 0.4) is 0 Å². The summed E-state index contributed by atoms with van der Waals surface area (Å²) in [4.78, 5) is 22.1. The van der Waals surface area contributed by atoms with Crippen molar-refractivity contribution in [1.29, 1.82) is 0 Å². The van der Waals surface area contributed by atoms with Crippen LogP contribution in [0.25, 0.3) is 10.8 Å². The second-order valence-electron chi connectivity index (χ2n) is 6.26. The maximum Gasteiger partial charge on any atom is 0.217 e. The van der Waals surface area contributed by atoms with Crippen LogP contribution in [-0.4, -0.2) is 29.3 Å². The fraction of sp³-hybridized carbons (Fsp3) is 0.250. The summed E-state index contributed by atoms with van der Waals surface area (Å²) in [6.45, 7) is 0.557. The number of ether oxygens (including phenoxy) is 2. The van der Waals surface area contributed by atoms with Crippen molar-refractivity contribution in [3.8, 4) is 17.4 Å². The molecule has 0 aliphatic carbocycles. The van der Waals surface area contributed by atoms with Gasteiger partial charge >= 0.3 is 0 Å². The first-order chi connectivity index (χ1) is 13.5. The molecule has 0 saturated heterocycles. The highest BCUT2D eigenvalue weighted by Gasteiger charge is 2.18. The quantitative estimate of drug-likeness (QED) is 0.434. The molecule has 2 aromatic carbocycles. The van der Waals surface area contributed by atoms with Gasteiger partial charge in [0.1, 0.15) is 11.5 Å². The van der Waals surface area contributed by atoms with Crippen LogP contribution in [-0.2, 0) is 11.3 Å². The van der Waals surface area contributed by atoms with E-state index in [2.05, 4.69) is 5.18 Å². The first-order valence-electron chi connectivity index (χ1n) is 8.76. The Morgan fingerprint density at radius 1 is 1.21 bits per heavy atom. The van der Waals surface area contributed by atoms with Crippen molar-refractivity contribution >= 4 is 22.5 Å². The molecule has 0 atom stereocenters. The van der Waals surface area contributed by atoms with Gasteiger partial charge in [0.25, 0.3) is 0 Å². The fourth-order valence-electron chi connectivity index (χ4n) is 3.06. The van der Waals surface area contributed by atoms with Crippen LogP contribution < -0.4 is 15.2 Å². The van der Waals surface area contributed by atoms with E-state index in [0.29, 0.717) is 35.3 Å². The number of carbonyl (C=O) groups is 1. The van der Waals surface area contributed by atoms with Gasteiger partial charge in [-0.25, -0.2) is 0 Å². The molecule has 0 aliphatic rings. The van der Waals surface area contributed by atoms with E-state index in [4.69, 9.17) is 15.2 Å². The molecule has 0 fully saturated rings. The van der Waals surface area contributed by atoms with E-state index >= 15 is 0 Å². The summed E-state index contributed by atoms with van der Waals surface area (Å²) in [5.74, 6) is 0.887. The number of fused-ring (bicyclic) bond motifs is 1. The molecule has 146 valence electrons. The van der Waals surface area contributed by atoms with Crippen molar-refractivity contribution in [2.75, 3.05) is 13.7 Å². The lowest BCUT2D eigenvalue weighted by Gasteiger charge is -2.13. The molecule has 0 unspecified atom stereocenters. The molecule has 0 aliphatic heterocycles. The monoisotopic (exact) mass is 383 g/mol. The number of nitrogens with two attached hydrogens (primary N) is 1. The summed E-state index contributed by atoms with van der Waals surface area (Å²) >= 11 is 0. The van der Waals surface area contributed by atoms with Crippen molar-refractivity contribution in [1.82, 2.24) is 4.57 Å². The van der Waals surface area contributed by atoms with Crippen LogP contribution in [0.1, 0.15) is 18.4 Å². The maximum absolute atomic E-state index is 11.4. The van der Waals surface area contributed by atoms with E-state index < -0.39 is 0 Å². The molecule has 0 saturated carbocycles. The van der Waals surface area contributed by atoms with E-state index in [9.17, 15) is 14.8 Å². The highest BCUT2D eigenvalue weighted by Crippen LogP contribution is 2.38. The predicted molar refractivity (Wildman–Crippen MR) is 105 cm³/mol. The molecule has 8 heteroatoms. The van der Waals surface area contributed by atoms with Crippen LogP contribution in [0.2, 0.25) is 0 Å². The van der Waals surface area contributed by atoms with Gasteiger partial charge in [0.2, 0.25) is 11.8 Å². The topological polar surface area (TPSA) is 116 Å². The molecule has 1 amide bonds. The molecule has 28 heavy (non-hydrogen) atoms. The normalized spacial score (nSPS) is 10.8. The number of aromatic nitrogens is 1. The van der Waals surface area contributed by atoms with Crippen LogP contribution in [0, 0.1) is 4.91 Å². The lowest BCUT2D eigenvalue weighted by Crippen LogP contribution is -2.11. The zero-order valence-corrected chi connectivity index (χ0v) is 15.4. The lowest BCUT2D eigenvalue weighted by atomic mass is 10.2. The Balaban J connectivity index is 1.85. The first kappa shape index (κ1) is 19.2. The summed E-state index contributed by atoms with van der Waals surface area (Å²) in [7, 11) is 1.53. The number of nitroso groups, excluding NO2 is 1. The number of carbonyl (C=O) groups excluding carboxylic acids is 1. The van der Waals surface area contributed by atoms with Gasteiger partial charge in [0.05, 0.1) is 20.3 Å². The fourth-order valence-corrected chi connectivity index (χ4v) is 3.06. The number of hydrogen-bond donors (Lipinski definition) is 2. The molecular formula is C20H21N3O5. The maximum atomic E-state index is 11.4. The van der Waals surface area contributed by atoms with Crippen LogP contribution in [0.5, 0.6) is 17.4 Å². The van der Waals surface area contributed by atoms with E-state index in [0.717, 1.165) is 5.56 Å². The molecular weight excluding hydrogens is 362 g/mol. The van der Waals surface area contributed by atoms with Gasteiger partial charge in [-0.1, -0.05) is 18.2 Å². The molecule has 3 aromatic rings. The molecule has 1 heterocycles. The van der Waals surface area contributed by atoms with E-state index in [1.54, 1.807) is 42.5 Å². The molecule has 3 N–H and O–H groups in total. The lowest BCUT2D eigenvalue weighted by molar-refractivity contribution is -0.118. The van der Waals surface area contributed by atoms with Gasteiger partial charge < -0.3 is 20.3 Å². The summed E-state index contributed by atoms with van der Waals surface area (Å²) < 4.78 is 12.5. The third-order valence-electron chi connectivity index (χ3n) is 4.43. The van der Waals surface area contributed by atoms with Gasteiger partial charge in [-0.05, 0) is 29.8 Å². The molecule has 8 nitrogen and oxygen atoms in total. The van der Waals surface area contributed by atoms with Crippen LogP contribution in [0.15, 0.2) is 47.6 Å². The number of nitrogens with zero attached hydrogens (tertiary/aromatic N) is 2. The largest absolute Gasteiger partial charge is 0.496 e. The number of aromatic hydroxyl groups is 1. The van der Waals surface area contributed by atoms with Gasteiger partial charge in [-0.3, -0.25) is 9.36 Å². The molecule has 3 rings (SSSR count). The third kappa shape index (κ3) is 3.90. The van der Waals surface area contributed by atoms with E-state index in [1.165, 1.54) is 11.7 Å². The Morgan fingerprint density at radius 3 is 2.64 bits per heavy atom. The first-order valence-corrected chi connectivity index (χ1v) is 8.76. The van der Waals surface area contributed by atoms with Crippen molar-refractivity contribution in [2.45, 2.75) is 19.4 Å². The Hall–Kier alpha value is -3.55. The zero-order valence-electron chi connectivity index (χ0n) is 15.4. The third-order valence-corrected chi connectivity index (χ3v) is 4.43. The van der Waals surface area contributed by atoms with E-state index in [-0.39, 0.29) is 30.6 Å². The predicted octanol–water partition coefficient (Wildman–Crippen LogP) is 3.45.